The third-order valence-corrected chi connectivity index (χ3v) is 3.98. The second-order valence-electron chi connectivity index (χ2n) is 7.76. The van der Waals surface area contributed by atoms with E-state index in [9.17, 15) is 14.4 Å². The minimum Gasteiger partial charge on any atom is -0.450 e. The van der Waals surface area contributed by atoms with Crippen LogP contribution in [-0.2, 0) is 14.3 Å². The van der Waals surface area contributed by atoms with Crippen molar-refractivity contribution in [3.8, 4) is 0 Å². The van der Waals surface area contributed by atoms with E-state index in [1.807, 2.05) is 20.8 Å². The number of piperidine rings is 1. The summed E-state index contributed by atoms with van der Waals surface area (Å²) in [6.07, 6.45) is 0.996. The van der Waals surface area contributed by atoms with Gasteiger partial charge in [0, 0.05) is 24.7 Å². The van der Waals surface area contributed by atoms with E-state index in [-0.39, 0.29) is 29.5 Å². The van der Waals surface area contributed by atoms with Crippen molar-refractivity contribution in [2.45, 2.75) is 66.0 Å². The summed E-state index contributed by atoms with van der Waals surface area (Å²) in [4.78, 5) is 38.2. The van der Waals surface area contributed by atoms with Crippen LogP contribution in [0.25, 0.3) is 0 Å². The van der Waals surface area contributed by atoms with Crippen molar-refractivity contribution in [2.24, 2.45) is 5.41 Å². The van der Waals surface area contributed by atoms with Gasteiger partial charge in [0.15, 0.2) is 0 Å². The average Bonchev–Trinajstić information content (AvgIpc) is 2.46. The van der Waals surface area contributed by atoms with Crippen molar-refractivity contribution in [2.75, 3.05) is 19.7 Å². The van der Waals surface area contributed by atoms with Crippen LogP contribution in [0, 0.1) is 5.41 Å². The van der Waals surface area contributed by atoms with Crippen molar-refractivity contribution in [1.29, 1.82) is 0 Å². The first-order valence-corrected chi connectivity index (χ1v) is 8.52. The van der Waals surface area contributed by atoms with Gasteiger partial charge in [0.25, 0.3) is 0 Å². The molecule has 1 rings (SSSR count). The minimum atomic E-state index is -1.15. The van der Waals surface area contributed by atoms with Gasteiger partial charge in [-0.3, -0.25) is 9.59 Å². The summed E-state index contributed by atoms with van der Waals surface area (Å²) in [5.74, 6) is -0.588. The van der Waals surface area contributed by atoms with Crippen molar-refractivity contribution in [3.63, 3.8) is 0 Å². The van der Waals surface area contributed by atoms with E-state index in [1.165, 1.54) is 0 Å². The zero-order valence-corrected chi connectivity index (χ0v) is 15.7. The van der Waals surface area contributed by atoms with E-state index >= 15 is 0 Å². The summed E-state index contributed by atoms with van der Waals surface area (Å²) in [5.41, 5.74) is -1.54. The Morgan fingerprint density at radius 1 is 1.04 bits per heavy atom. The molecule has 1 aliphatic heterocycles. The molecule has 0 aromatic rings. The molecule has 1 aliphatic rings. The molecular formula is C17H31N3O4. The van der Waals surface area contributed by atoms with Crippen LogP contribution in [0.1, 0.15) is 54.4 Å². The highest BCUT2D eigenvalue weighted by molar-refractivity contribution is 6.04. The van der Waals surface area contributed by atoms with Gasteiger partial charge in [-0.2, -0.15) is 0 Å². The molecule has 0 unspecified atom stereocenters. The lowest BCUT2D eigenvalue weighted by atomic mass is 9.89. The minimum absolute atomic E-state index is 0.0371. The highest BCUT2D eigenvalue weighted by atomic mass is 16.6. The van der Waals surface area contributed by atoms with E-state index in [2.05, 4.69) is 10.6 Å². The van der Waals surface area contributed by atoms with Crippen LogP contribution in [0.5, 0.6) is 0 Å². The lowest BCUT2D eigenvalue weighted by molar-refractivity contribution is -0.142. The van der Waals surface area contributed by atoms with Crippen LogP contribution in [0.4, 0.5) is 4.79 Å². The number of carbonyl (C=O) groups is 3. The van der Waals surface area contributed by atoms with E-state index in [4.69, 9.17) is 4.74 Å². The molecule has 0 spiro atoms. The summed E-state index contributed by atoms with van der Waals surface area (Å²) < 4.78 is 4.98. The van der Waals surface area contributed by atoms with Gasteiger partial charge in [-0.15, -0.1) is 0 Å². The van der Waals surface area contributed by atoms with E-state index in [1.54, 1.807) is 25.7 Å². The Labute approximate surface area is 144 Å². The Morgan fingerprint density at radius 2 is 1.58 bits per heavy atom. The fourth-order valence-corrected chi connectivity index (χ4v) is 2.39. The molecule has 0 aromatic heterocycles. The fourth-order valence-electron chi connectivity index (χ4n) is 2.39. The van der Waals surface area contributed by atoms with Gasteiger partial charge in [0.05, 0.1) is 6.61 Å². The monoisotopic (exact) mass is 341 g/mol. The second-order valence-corrected chi connectivity index (χ2v) is 7.76. The number of rotatable bonds is 4. The Hall–Kier alpha value is -1.79. The SMILES string of the molecule is CCOC(=O)N1CCC(NC(=O)C(C)(C)C(=O)NC(C)(C)C)CC1. The molecule has 0 bridgehead atoms. The van der Waals surface area contributed by atoms with Crippen molar-refractivity contribution in [1.82, 2.24) is 15.5 Å². The predicted molar refractivity (Wildman–Crippen MR) is 91.4 cm³/mol. The molecule has 1 heterocycles. The maximum atomic E-state index is 12.5. The molecule has 0 atom stereocenters. The van der Waals surface area contributed by atoms with Gasteiger partial charge < -0.3 is 20.3 Å². The third kappa shape index (κ3) is 5.69. The maximum Gasteiger partial charge on any atom is 0.409 e. The van der Waals surface area contributed by atoms with Gasteiger partial charge in [-0.05, 0) is 54.4 Å². The molecule has 24 heavy (non-hydrogen) atoms. The standard InChI is InChI=1S/C17H31N3O4/c1-7-24-15(23)20-10-8-12(9-11-20)18-13(21)17(5,6)14(22)19-16(2,3)4/h12H,7-11H2,1-6H3,(H,18,21)(H,19,22). The van der Waals surface area contributed by atoms with Gasteiger partial charge in [-0.25, -0.2) is 4.79 Å². The first-order chi connectivity index (χ1) is 11.0. The largest absolute Gasteiger partial charge is 0.450 e. The number of carbonyl (C=O) groups excluding carboxylic acids is 3. The van der Waals surface area contributed by atoms with Gasteiger partial charge in [0.2, 0.25) is 11.8 Å². The highest BCUT2D eigenvalue weighted by Crippen LogP contribution is 2.19. The first-order valence-electron chi connectivity index (χ1n) is 8.52. The smallest absolute Gasteiger partial charge is 0.409 e. The molecule has 0 saturated carbocycles. The number of nitrogens with zero attached hydrogens (tertiary/aromatic N) is 1. The van der Waals surface area contributed by atoms with Crippen LogP contribution in [0.3, 0.4) is 0 Å². The van der Waals surface area contributed by atoms with E-state index in [0.717, 1.165) is 0 Å². The molecule has 0 radical (unpaired) electrons. The molecule has 3 amide bonds. The van der Waals surface area contributed by atoms with Crippen molar-refractivity contribution >= 4 is 17.9 Å². The van der Waals surface area contributed by atoms with Crippen molar-refractivity contribution < 1.29 is 19.1 Å². The van der Waals surface area contributed by atoms with Crippen LogP contribution in [-0.4, -0.2) is 54.1 Å². The van der Waals surface area contributed by atoms with Crippen LogP contribution in [0.15, 0.2) is 0 Å². The number of nitrogens with one attached hydrogen (secondary N) is 2. The summed E-state index contributed by atoms with van der Waals surface area (Å²) >= 11 is 0. The quantitative estimate of drug-likeness (QED) is 0.761. The van der Waals surface area contributed by atoms with Crippen LogP contribution >= 0.6 is 0 Å². The predicted octanol–water partition coefficient (Wildman–Crippen LogP) is 1.66. The second kappa shape index (κ2) is 7.85. The summed E-state index contributed by atoms with van der Waals surface area (Å²) in [7, 11) is 0. The topological polar surface area (TPSA) is 87.7 Å². The average molecular weight is 341 g/mol. The molecule has 1 fully saturated rings. The number of likely N-dealkylation sites (tertiary alicyclic amines) is 1. The van der Waals surface area contributed by atoms with Gasteiger partial charge >= 0.3 is 6.09 Å². The molecule has 0 aromatic carbocycles. The zero-order valence-electron chi connectivity index (χ0n) is 15.7. The van der Waals surface area contributed by atoms with Crippen LogP contribution in [0.2, 0.25) is 0 Å². The molecule has 0 aliphatic carbocycles. The third-order valence-electron chi connectivity index (χ3n) is 3.98. The molecule has 7 heteroatoms. The Bertz CT molecular complexity index is 475. The first kappa shape index (κ1) is 20.3. The molecule has 138 valence electrons. The lowest BCUT2D eigenvalue weighted by Crippen LogP contribution is -2.55. The normalized spacial score (nSPS) is 16.5. The number of hydrogen-bond donors (Lipinski definition) is 2. The lowest BCUT2D eigenvalue weighted by Gasteiger charge is -2.34. The number of ether oxygens (including phenoxy) is 1. The number of amides is 3. The maximum absolute atomic E-state index is 12.5. The van der Waals surface area contributed by atoms with Crippen LogP contribution < -0.4 is 10.6 Å². The summed E-state index contributed by atoms with van der Waals surface area (Å²) in [6, 6.07) is -0.0371. The van der Waals surface area contributed by atoms with Gasteiger partial charge in [0.1, 0.15) is 5.41 Å². The molecule has 1 saturated heterocycles. The Kier molecular flexibility index (Phi) is 6.63. The van der Waals surface area contributed by atoms with Crippen molar-refractivity contribution in [3.05, 3.63) is 0 Å². The summed E-state index contributed by atoms with van der Waals surface area (Å²) in [5, 5.41) is 5.78. The van der Waals surface area contributed by atoms with E-state index < -0.39 is 5.41 Å². The summed E-state index contributed by atoms with van der Waals surface area (Å²) in [6.45, 7) is 12.1. The highest BCUT2D eigenvalue weighted by Gasteiger charge is 2.39. The van der Waals surface area contributed by atoms with Gasteiger partial charge in [-0.1, -0.05) is 0 Å². The number of hydrogen-bond acceptors (Lipinski definition) is 4. The Balaban J connectivity index is 2.54. The molecule has 7 nitrogen and oxygen atoms in total. The molecular weight excluding hydrogens is 310 g/mol. The van der Waals surface area contributed by atoms with E-state index in [0.29, 0.717) is 32.5 Å². The molecule has 2 N–H and O–H groups in total. The Morgan fingerprint density at radius 3 is 2.04 bits per heavy atom. The zero-order chi connectivity index (χ0) is 18.5. The fraction of sp³-hybridized carbons (Fsp3) is 0.824.